The van der Waals surface area contributed by atoms with Crippen LogP contribution in [0.5, 0.6) is 0 Å². The lowest BCUT2D eigenvalue weighted by atomic mass is 10.1. The third-order valence-corrected chi connectivity index (χ3v) is 4.88. The second-order valence-electron chi connectivity index (χ2n) is 4.33. The van der Waals surface area contributed by atoms with Crippen LogP contribution in [0.4, 0.5) is 0 Å². The van der Waals surface area contributed by atoms with Crippen LogP contribution in [0.25, 0.3) is 0 Å². The van der Waals surface area contributed by atoms with Crippen LogP contribution >= 0.6 is 35.7 Å². The van der Waals surface area contributed by atoms with Crippen LogP contribution in [0.15, 0.2) is 9.81 Å². The van der Waals surface area contributed by atoms with E-state index in [0.717, 1.165) is 29.2 Å². The summed E-state index contributed by atoms with van der Waals surface area (Å²) >= 11 is 8.33. The molecule has 0 radical (unpaired) electrons. The number of rotatable bonds is 7. The summed E-state index contributed by atoms with van der Waals surface area (Å²) in [7, 11) is 0. The zero-order valence-corrected chi connectivity index (χ0v) is 14.8. The van der Waals surface area contributed by atoms with Crippen molar-refractivity contribution in [2.75, 3.05) is 19.1 Å². The van der Waals surface area contributed by atoms with Crippen molar-refractivity contribution in [1.82, 2.24) is 10.6 Å². The molecule has 0 saturated carbocycles. The van der Waals surface area contributed by atoms with Crippen molar-refractivity contribution in [2.45, 2.75) is 33.6 Å². The van der Waals surface area contributed by atoms with E-state index in [0.29, 0.717) is 5.11 Å². The van der Waals surface area contributed by atoms with E-state index in [1.54, 1.807) is 23.5 Å². The lowest BCUT2D eigenvalue weighted by molar-refractivity contribution is -0.116. The number of thiocarbonyl (C=S) groups is 1. The standard InChI is InChI=1S/C13H24N2OS3/c1-6-7-8-14-13(17)15-11(16)10(9(2)3)12(18-4)19-5/h9H,6-8H2,1-5H3,(H2,14,15,16,17). The Morgan fingerprint density at radius 1 is 1.26 bits per heavy atom. The molecule has 0 atom stereocenters. The van der Waals surface area contributed by atoms with Gasteiger partial charge in [0.2, 0.25) is 0 Å². The normalized spacial score (nSPS) is 10.2. The van der Waals surface area contributed by atoms with E-state index in [-0.39, 0.29) is 11.8 Å². The molecular weight excluding hydrogens is 296 g/mol. The summed E-state index contributed by atoms with van der Waals surface area (Å²) in [5.41, 5.74) is 0.805. The Hall–Kier alpha value is -0.200. The Bertz CT molecular complexity index is 335. The van der Waals surface area contributed by atoms with Gasteiger partial charge in [-0.25, -0.2) is 0 Å². The van der Waals surface area contributed by atoms with Crippen LogP contribution in [-0.2, 0) is 4.79 Å². The SMILES string of the molecule is CCCCNC(=S)NC(=O)C(=C(SC)SC)C(C)C. The predicted octanol–water partition coefficient (Wildman–Crippen LogP) is 3.37. The molecule has 0 aromatic heterocycles. The van der Waals surface area contributed by atoms with Crippen LogP contribution in [0, 0.1) is 5.92 Å². The second kappa shape index (κ2) is 10.6. The van der Waals surface area contributed by atoms with E-state index >= 15 is 0 Å². The first-order valence-electron chi connectivity index (χ1n) is 6.39. The number of unbranched alkanes of at least 4 members (excludes halogenated alkanes) is 1. The van der Waals surface area contributed by atoms with Crippen molar-refractivity contribution in [3.05, 3.63) is 9.81 Å². The van der Waals surface area contributed by atoms with E-state index in [1.807, 2.05) is 26.4 Å². The monoisotopic (exact) mass is 320 g/mol. The van der Waals surface area contributed by atoms with E-state index in [1.165, 1.54) is 0 Å². The number of carbonyl (C=O) groups is 1. The van der Waals surface area contributed by atoms with Crippen molar-refractivity contribution < 1.29 is 4.79 Å². The maximum Gasteiger partial charge on any atom is 0.255 e. The Kier molecular flexibility index (Phi) is 10.5. The van der Waals surface area contributed by atoms with Crippen LogP contribution in [-0.4, -0.2) is 30.1 Å². The first-order chi connectivity index (χ1) is 8.97. The Morgan fingerprint density at radius 2 is 1.84 bits per heavy atom. The Morgan fingerprint density at radius 3 is 2.26 bits per heavy atom. The van der Waals surface area contributed by atoms with Gasteiger partial charge in [-0.3, -0.25) is 10.1 Å². The fourth-order valence-corrected chi connectivity index (χ4v) is 3.45. The molecule has 0 aliphatic carbocycles. The minimum absolute atomic E-state index is 0.0947. The number of hydrogen-bond donors (Lipinski definition) is 2. The van der Waals surface area contributed by atoms with Gasteiger partial charge in [-0.1, -0.05) is 27.2 Å². The summed E-state index contributed by atoms with van der Waals surface area (Å²) in [6.45, 7) is 6.96. The maximum atomic E-state index is 12.3. The molecule has 3 nitrogen and oxygen atoms in total. The lowest BCUT2D eigenvalue weighted by Gasteiger charge is -2.16. The van der Waals surface area contributed by atoms with Gasteiger partial charge in [-0.2, -0.15) is 0 Å². The summed E-state index contributed by atoms with van der Waals surface area (Å²) in [5, 5.41) is 6.23. The van der Waals surface area contributed by atoms with Gasteiger partial charge in [-0.05, 0) is 37.1 Å². The highest BCUT2D eigenvalue weighted by molar-refractivity contribution is 8.21. The van der Waals surface area contributed by atoms with Crippen molar-refractivity contribution in [3.8, 4) is 0 Å². The molecule has 0 heterocycles. The summed E-state index contributed by atoms with van der Waals surface area (Å²) in [5.74, 6) is 0.0797. The summed E-state index contributed by atoms with van der Waals surface area (Å²) in [4.78, 5) is 12.3. The molecule has 0 rings (SSSR count). The van der Waals surface area contributed by atoms with Crippen LogP contribution in [0.3, 0.4) is 0 Å². The number of thioether (sulfide) groups is 2. The maximum absolute atomic E-state index is 12.3. The van der Waals surface area contributed by atoms with Crippen LogP contribution in [0.1, 0.15) is 33.6 Å². The zero-order chi connectivity index (χ0) is 14.8. The number of hydrogen-bond acceptors (Lipinski definition) is 4. The van der Waals surface area contributed by atoms with E-state index < -0.39 is 0 Å². The topological polar surface area (TPSA) is 41.1 Å². The van der Waals surface area contributed by atoms with Gasteiger partial charge in [0, 0.05) is 16.4 Å². The fourth-order valence-electron chi connectivity index (χ4n) is 1.49. The number of nitrogens with one attached hydrogen (secondary N) is 2. The number of amides is 1. The number of carbonyl (C=O) groups excluding carboxylic acids is 1. The third-order valence-electron chi connectivity index (χ3n) is 2.46. The van der Waals surface area contributed by atoms with E-state index in [2.05, 4.69) is 17.6 Å². The Labute approximate surface area is 130 Å². The summed E-state index contributed by atoms with van der Waals surface area (Å²) in [6.07, 6.45) is 6.12. The molecule has 0 aliphatic heterocycles. The van der Waals surface area contributed by atoms with Crippen molar-refractivity contribution in [1.29, 1.82) is 0 Å². The second-order valence-corrected chi connectivity index (χ2v) is 6.63. The molecule has 19 heavy (non-hydrogen) atoms. The van der Waals surface area contributed by atoms with Gasteiger partial charge in [-0.15, -0.1) is 23.5 Å². The molecule has 6 heteroatoms. The highest BCUT2D eigenvalue weighted by Gasteiger charge is 2.19. The molecule has 0 bridgehead atoms. The van der Waals surface area contributed by atoms with Gasteiger partial charge < -0.3 is 5.32 Å². The molecule has 0 spiro atoms. The highest BCUT2D eigenvalue weighted by Crippen LogP contribution is 2.31. The summed E-state index contributed by atoms with van der Waals surface area (Å²) < 4.78 is 1.05. The van der Waals surface area contributed by atoms with Crippen molar-refractivity contribution >= 4 is 46.8 Å². The van der Waals surface area contributed by atoms with Gasteiger partial charge >= 0.3 is 0 Å². The minimum atomic E-state index is -0.0947. The molecule has 2 N–H and O–H groups in total. The highest BCUT2D eigenvalue weighted by atomic mass is 32.2. The molecule has 0 fully saturated rings. The third kappa shape index (κ3) is 7.22. The molecule has 0 unspecified atom stereocenters. The van der Waals surface area contributed by atoms with Gasteiger partial charge in [0.1, 0.15) is 0 Å². The first kappa shape index (κ1) is 18.8. The Balaban J connectivity index is 4.67. The van der Waals surface area contributed by atoms with Crippen molar-refractivity contribution in [3.63, 3.8) is 0 Å². The minimum Gasteiger partial charge on any atom is -0.362 e. The molecule has 0 saturated heterocycles. The fraction of sp³-hybridized carbons (Fsp3) is 0.692. The zero-order valence-electron chi connectivity index (χ0n) is 12.3. The van der Waals surface area contributed by atoms with Crippen LogP contribution < -0.4 is 10.6 Å². The van der Waals surface area contributed by atoms with E-state index in [9.17, 15) is 4.79 Å². The smallest absolute Gasteiger partial charge is 0.255 e. The molecule has 0 aliphatic rings. The molecular formula is C13H24N2OS3. The average molecular weight is 321 g/mol. The predicted molar refractivity (Wildman–Crippen MR) is 92.5 cm³/mol. The first-order valence-corrected chi connectivity index (χ1v) is 9.24. The molecule has 110 valence electrons. The van der Waals surface area contributed by atoms with Gasteiger partial charge in [0.15, 0.2) is 5.11 Å². The lowest BCUT2D eigenvalue weighted by Crippen LogP contribution is -2.41. The average Bonchev–Trinajstić information content (AvgIpc) is 2.35. The largest absolute Gasteiger partial charge is 0.362 e. The molecule has 0 aromatic rings. The van der Waals surface area contributed by atoms with Crippen molar-refractivity contribution in [2.24, 2.45) is 5.92 Å². The summed E-state index contributed by atoms with van der Waals surface area (Å²) in [6, 6.07) is 0. The van der Waals surface area contributed by atoms with Gasteiger partial charge in [0.05, 0.1) is 0 Å². The molecule has 1 amide bonds. The van der Waals surface area contributed by atoms with Crippen LogP contribution in [0.2, 0.25) is 0 Å². The van der Waals surface area contributed by atoms with E-state index in [4.69, 9.17) is 12.2 Å². The van der Waals surface area contributed by atoms with Gasteiger partial charge in [0.25, 0.3) is 5.91 Å². The molecule has 0 aromatic carbocycles. The quantitative estimate of drug-likeness (QED) is 0.428.